The van der Waals surface area contributed by atoms with Crippen molar-refractivity contribution in [3.05, 3.63) is 35.6 Å². The van der Waals surface area contributed by atoms with Gasteiger partial charge in [0.1, 0.15) is 5.82 Å². The first-order valence-electron chi connectivity index (χ1n) is 5.23. The van der Waals surface area contributed by atoms with Crippen LogP contribution in [0, 0.1) is 5.82 Å². The van der Waals surface area contributed by atoms with E-state index in [-0.39, 0.29) is 12.1 Å². The van der Waals surface area contributed by atoms with E-state index in [0.717, 1.165) is 5.56 Å². The molecule has 0 unspecified atom stereocenters. The lowest BCUT2D eigenvalue weighted by atomic mass is 10.2. The minimum atomic E-state index is -0.300. The number of hydrogen-bond acceptors (Lipinski definition) is 2. The van der Waals surface area contributed by atoms with E-state index < -0.39 is 0 Å². The average molecular weight is 293 g/mol. The number of hydrogen-bond donors (Lipinski definition) is 0. The first kappa shape index (κ1) is 15.6. The summed E-state index contributed by atoms with van der Waals surface area (Å²) in [5.74, 6) is 1.57. The molecule has 4 heteroatoms. The summed E-state index contributed by atoms with van der Waals surface area (Å²) in [4.78, 5) is 0. The van der Waals surface area contributed by atoms with Crippen LogP contribution < -0.4 is 0 Å². The van der Waals surface area contributed by atoms with Crippen molar-refractivity contribution in [2.45, 2.75) is 20.1 Å². The highest BCUT2D eigenvalue weighted by Gasteiger charge is 2.17. The van der Waals surface area contributed by atoms with Crippen LogP contribution in [-0.4, -0.2) is 19.0 Å². The molecule has 1 aromatic rings. The van der Waals surface area contributed by atoms with E-state index >= 15 is 0 Å². The lowest BCUT2D eigenvalue weighted by molar-refractivity contribution is -0.0441. The quantitative estimate of drug-likeness (QED) is 0.731. The van der Waals surface area contributed by atoms with Crippen LogP contribution in [0.3, 0.4) is 0 Å². The van der Waals surface area contributed by atoms with Crippen molar-refractivity contribution in [1.82, 2.24) is 0 Å². The maximum absolute atomic E-state index is 12.5. The largest absolute Gasteiger partial charge is 0.346 e. The zero-order valence-corrected chi connectivity index (χ0v) is 11.5. The molecule has 0 N–H and O–H groups in total. The van der Waals surface area contributed by atoms with Gasteiger partial charge in [-0.2, -0.15) is 0 Å². The molecule has 0 bridgehead atoms. The minimum Gasteiger partial charge on any atom is -0.346 e. The number of ether oxygens (including phenoxy) is 2. The maximum Gasteiger partial charge on any atom is 0.184 e. The Bertz CT molecular complexity index is 258. The third kappa shape index (κ3) is 5.05. The van der Waals surface area contributed by atoms with Crippen molar-refractivity contribution in [3.8, 4) is 0 Å². The van der Waals surface area contributed by atoms with Crippen LogP contribution in [0.4, 0.5) is 4.39 Å². The van der Waals surface area contributed by atoms with Crippen LogP contribution in [0.1, 0.15) is 25.7 Å². The molecule has 0 radical (unpaired) electrons. The summed E-state index contributed by atoms with van der Waals surface area (Å²) in [6.07, 6.45) is -0.300. The summed E-state index contributed by atoms with van der Waals surface area (Å²) in [5, 5.41) is 0. The summed E-state index contributed by atoms with van der Waals surface area (Å²) < 4.78 is 23.0. The fourth-order valence-electron chi connectivity index (χ4n) is 1.17. The molecule has 0 spiro atoms. The first-order chi connectivity index (χ1) is 7.86. The molecule has 92 valence electrons. The van der Waals surface area contributed by atoms with E-state index in [2.05, 4.69) is 15.9 Å². The van der Waals surface area contributed by atoms with Gasteiger partial charge in [0.05, 0.1) is 13.2 Å². The molecule has 1 aliphatic rings. The fourth-order valence-corrected chi connectivity index (χ4v) is 1.17. The molecule has 1 aromatic carbocycles. The Hall–Kier alpha value is -0.450. The molecule has 0 atom stereocenters. The van der Waals surface area contributed by atoms with Crippen molar-refractivity contribution >= 4 is 15.9 Å². The lowest BCUT2D eigenvalue weighted by Crippen LogP contribution is -1.97. The fraction of sp³-hybridized carbons (Fsp3) is 0.500. The molecule has 0 saturated carbocycles. The van der Waals surface area contributed by atoms with Gasteiger partial charge in [0.2, 0.25) is 0 Å². The third-order valence-electron chi connectivity index (χ3n) is 1.76. The molecular weight excluding hydrogens is 275 g/mol. The molecule has 0 aliphatic carbocycles. The van der Waals surface area contributed by atoms with Gasteiger partial charge >= 0.3 is 0 Å². The van der Waals surface area contributed by atoms with Crippen LogP contribution in [0.25, 0.3) is 0 Å². The van der Waals surface area contributed by atoms with Gasteiger partial charge in [0.15, 0.2) is 6.29 Å². The maximum atomic E-state index is 12.5. The minimum absolute atomic E-state index is 0.239. The summed E-state index contributed by atoms with van der Waals surface area (Å²) in [5.41, 5.74) is 0.869. The van der Waals surface area contributed by atoms with Gasteiger partial charge in [-0.1, -0.05) is 41.9 Å². The van der Waals surface area contributed by atoms with Crippen molar-refractivity contribution in [2.24, 2.45) is 0 Å². The SMILES string of the molecule is CBr.CC.Fc1ccc(C2OCCO2)cc1. The summed E-state index contributed by atoms with van der Waals surface area (Å²) >= 11 is 2.94. The predicted molar refractivity (Wildman–Crippen MR) is 67.2 cm³/mol. The van der Waals surface area contributed by atoms with Gasteiger partial charge in [-0.05, 0) is 18.0 Å². The molecule has 0 amide bonds. The molecule has 1 aliphatic heterocycles. The number of alkyl halides is 1. The smallest absolute Gasteiger partial charge is 0.184 e. The van der Waals surface area contributed by atoms with Gasteiger partial charge in [-0.15, -0.1) is 0 Å². The zero-order chi connectivity index (χ0) is 12.4. The molecule has 16 heavy (non-hydrogen) atoms. The lowest BCUT2D eigenvalue weighted by Gasteiger charge is -2.07. The van der Waals surface area contributed by atoms with E-state index in [4.69, 9.17) is 9.47 Å². The normalized spacial score (nSPS) is 14.6. The zero-order valence-electron chi connectivity index (χ0n) is 9.87. The van der Waals surface area contributed by atoms with Crippen molar-refractivity contribution in [1.29, 1.82) is 0 Å². The Morgan fingerprint density at radius 3 is 1.94 bits per heavy atom. The van der Waals surface area contributed by atoms with Crippen LogP contribution in [0.5, 0.6) is 0 Å². The Morgan fingerprint density at radius 2 is 1.50 bits per heavy atom. The Kier molecular flexibility index (Phi) is 9.48. The van der Waals surface area contributed by atoms with Gasteiger partial charge < -0.3 is 9.47 Å². The summed E-state index contributed by atoms with van der Waals surface area (Å²) in [7, 11) is 0. The molecule has 0 aromatic heterocycles. The standard InChI is InChI=1S/C9H9FO2.C2H6.CH3Br/c10-8-3-1-7(2-4-8)9-11-5-6-12-9;2*1-2/h1-4,9H,5-6H2;1-2H3;1H3. The molecular formula is C12H18BrFO2. The number of halogens is 2. The predicted octanol–water partition coefficient (Wildman–Crippen LogP) is 3.91. The Morgan fingerprint density at radius 1 is 1.06 bits per heavy atom. The van der Waals surface area contributed by atoms with Crippen LogP contribution >= 0.6 is 15.9 Å². The van der Waals surface area contributed by atoms with Crippen molar-refractivity contribution < 1.29 is 13.9 Å². The average Bonchev–Trinajstić information content (AvgIpc) is 2.89. The number of rotatable bonds is 1. The highest BCUT2D eigenvalue weighted by atomic mass is 79.9. The second kappa shape index (κ2) is 9.75. The van der Waals surface area contributed by atoms with E-state index in [1.807, 2.05) is 19.7 Å². The third-order valence-corrected chi connectivity index (χ3v) is 1.76. The van der Waals surface area contributed by atoms with Gasteiger partial charge in [-0.25, -0.2) is 4.39 Å². The molecule has 1 heterocycles. The topological polar surface area (TPSA) is 18.5 Å². The van der Waals surface area contributed by atoms with Gasteiger partial charge in [0.25, 0.3) is 0 Å². The van der Waals surface area contributed by atoms with Crippen LogP contribution in [0.2, 0.25) is 0 Å². The van der Waals surface area contributed by atoms with Gasteiger partial charge in [0, 0.05) is 5.56 Å². The highest BCUT2D eigenvalue weighted by molar-refractivity contribution is 9.08. The molecule has 2 rings (SSSR count). The monoisotopic (exact) mass is 292 g/mol. The summed E-state index contributed by atoms with van der Waals surface area (Å²) in [6, 6.07) is 6.15. The molecule has 2 nitrogen and oxygen atoms in total. The second-order valence-electron chi connectivity index (χ2n) is 2.63. The summed E-state index contributed by atoms with van der Waals surface area (Å²) in [6.45, 7) is 5.23. The van der Waals surface area contributed by atoms with Crippen molar-refractivity contribution in [3.63, 3.8) is 0 Å². The Balaban J connectivity index is 0.000000509. The van der Waals surface area contributed by atoms with Crippen LogP contribution in [-0.2, 0) is 9.47 Å². The number of benzene rings is 1. The molecule has 1 fully saturated rings. The first-order valence-corrected chi connectivity index (χ1v) is 6.81. The highest BCUT2D eigenvalue weighted by Crippen LogP contribution is 2.22. The Labute approximate surface area is 105 Å². The van der Waals surface area contributed by atoms with E-state index in [1.54, 1.807) is 12.1 Å². The van der Waals surface area contributed by atoms with Gasteiger partial charge in [-0.3, -0.25) is 0 Å². The van der Waals surface area contributed by atoms with E-state index in [0.29, 0.717) is 13.2 Å². The second-order valence-corrected chi connectivity index (χ2v) is 2.63. The van der Waals surface area contributed by atoms with Crippen LogP contribution in [0.15, 0.2) is 24.3 Å². The molecule has 1 saturated heterocycles. The van der Waals surface area contributed by atoms with Crippen molar-refractivity contribution in [2.75, 3.05) is 19.0 Å². The van der Waals surface area contributed by atoms with E-state index in [1.165, 1.54) is 12.1 Å². The van der Waals surface area contributed by atoms with E-state index in [9.17, 15) is 4.39 Å².